The van der Waals surface area contributed by atoms with Crippen molar-refractivity contribution in [1.29, 1.82) is 0 Å². The number of carbonyl (C=O) groups is 3. The number of aromatic nitrogens is 1. The van der Waals surface area contributed by atoms with E-state index in [2.05, 4.69) is 20.9 Å². The Balaban J connectivity index is 1.30. The fourth-order valence-electron chi connectivity index (χ4n) is 4.48. The molecule has 0 bridgehead atoms. The summed E-state index contributed by atoms with van der Waals surface area (Å²) in [5, 5.41) is 10.9. The fraction of sp³-hybridized carbons (Fsp3) is 0.111. The number of amides is 3. The molecule has 0 aliphatic carbocycles. The van der Waals surface area contributed by atoms with Crippen LogP contribution in [-0.2, 0) is 9.59 Å². The lowest BCUT2D eigenvalue weighted by atomic mass is 10.1. The minimum Gasteiger partial charge on any atom is -0.497 e. The number of benzene rings is 4. The summed E-state index contributed by atoms with van der Waals surface area (Å²) in [4.78, 5) is 45.1. The molecule has 0 radical (unpaired) electrons. The van der Waals surface area contributed by atoms with E-state index in [1.807, 2.05) is 29.6 Å². The Kier molecular flexibility index (Phi) is 11.5. The molecule has 5 rings (SSSR count). The SMILES string of the molecule is COc1ccc(OC)c(/C=C(/NC(=O)c2ccccc2)C(=O)Nc2cccc(SC(C)C(=O)Nc3nc(-c4ccccc4Cl)cs3)c2)c1. The van der Waals surface area contributed by atoms with Gasteiger partial charge in [-0.1, -0.05) is 54.1 Å². The molecule has 1 atom stereocenters. The smallest absolute Gasteiger partial charge is 0.272 e. The van der Waals surface area contributed by atoms with Crippen LogP contribution in [0.5, 0.6) is 11.5 Å². The van der Waals surface area contributed by atoms with Gasteiger partial charge in [0.1, 0.15) is 17.2 Å². The number of halogens is 1. The van der Waals surface area contributed by atoms with Crippen molar-refractivity contribution in [3.05, 3.63) is 124 Å². The number of thioether (sulfide) groups is 1. The lowest BCUT2D eigenvalue weighted by Gasteiger charge is -2.14. The normalized spacial score (nSPS) is 11.7. The van der Waals surface area contributed by atoms with Crippen molar-refractivity contribution in [2.45, 2.75) is 17.1 Å². The predicted molar refractivity (Wildman–Crippen MR) is 193 cm³/mol. The second-order valence-electron chi connectivity index (χ2n) is 10.2. The molecule has 0 aliphatic rings. The third-order valence-corrected chi connectivity index (χ3v) is 9.10. The van der Waals surface area contributed by atoms with Gasteiger partial charge in [0, 0.05) is 37.7 Å². The van der Waals surface area contributed by atoms with Gasteiger partial charge in [-0.15, -0.1) is 23.1 Å². The van der Waals surface area contributed by atoms with Crippen LogP contribution >= 0.6 is 34.7 Å². The molecule has 0 saturated carbocycles. The molecule has 1 aromatic heterocycles. The Morgan fingerprint density at radius 2 is 1.67 bits per heavy atom. The first-order valence-corrected chi connectivity index (χ1v) is 16.8. The van der Waals surface area contributed by atoms with Gasteiger partial charge in [-0.2, -0.15) is 0 Å². The summed E-state index contributed by atoms with van der Waals surface area (Å²) in [6.45, 7) is 1.79. The summed E-state index contributed by atoms with van der Waals surface area (Å²) in [5.41, 5.74) is 2.84. The second-order valence-corrected chi connectivity index (χ2v) is 12.9. The minimum atomic E-state index is -0.560. The summed E-state index contributed by atoms with van der Waals surface area (Å²) in [6, 6.07) is 28.2. The highest BCUT2D eigenvalue weighted by Gasteiger charge is 2.19. The van der Waals surface area contributed by atoms with Gasteiger partial charge in [-0.05, 0) is 67.6 Å². The highest BCUT2D eigenvalue weighted by molar-refractivity contribution is 8.00. The number of carbonyl (C=O) groups excluding carboxylic acids is 3. The van der Waals surface area contributed by atoms with Crippen LogP contribution in [0.15, 0.2) is 113 Å². The Bertz CT molecular complexity index is 1970. The maximum Gasteiger partial charge on any atom is 0.272 e. The van der Waals surface area contributed by atoms with E-state index in [0.717, 1.165) is 10.5 Å². The summed E-state index contributed by atoms with van der Waals surface area (Å²) in [6.07, 6.45) is 1.53. The lowest BCUT2D eigenvalue weighted by molar-refractivity contribution is -0.115. The van der Waals surface area contributed by atoms with Crippen LogP contribution in [0, 0.1) is 0 Å². The molecule has 244 valence electrons. The van der Waals surface area contributed by atoms with Crippen LogP contribution in [0.1, 0.15) is 22.8 Å². The van der Waals surface area contributed by atoms with Crippen molar-refractivity contribution in [3.63, 3.8) is 0 Å². The standard InChI is InChI=1S/C36H31ClN4O5S2/c1-22(33(42)41-36-40-31(21-47-36)28-14-7-8-15-29(28)37)48-27-13-9-12-25(20-27)38-35(44)30(39-34(43)23-10-5-4-6-11-23)19-24-18-26(45-2)16-17-32(24)46-3/h4-22H,1-3H3,(H,38,44)(H,39,43)(H,40,41,42)/b30-19+. The monoisotopic (exact) mass is 698 g/mol. The summed E-state index contributed by atoms with van der Waals surface area (Å²) >= 11 is 8.94. The van der Waals surface area contributed by atoms with Crippen molar-refractivity contribution in [3.8, 4) is 22.8 Å². The maximum atomic E-state index is 13.7. The molecular weight excluding hydrogens is 668 g/mol. The van der Waals surface area contributed by atoms with Gasteiger partial charge < -0.3 is 25.4 Å². The molecule has 3 N–H and O–H groups in total. The molecule has 1 heterocycles. The third kappa shape index (κ3) is 8.82. The molecule has 3 amide bonds. The van der Waals surface area contributed by atoms with Gasteiger partial charge in [0.05, 0.1) is 25.2 Å². The first-order valence-electron chi connectivity index (χ1n) is 14.6. The van der Waals surface area contributed by atoms with Crippen molar-refractivity contribution in [2.75, 3.05) is 24.9 Å². The molecule has 0 aliphatic heterocycles. The van der Waals surface area contributed by atoms with Crippen molar-refractivity contribution < 1.29 is 23.9 Å². The van der Waals surface area contributed by atoms with E-state index in [9.17, 15) is 14.4 Å². The number of nitrogens with zero attached hydrogens (tertiary/aromatic N) is 1. The molecule has 4 aromatic carbocycles. The molecule has 9 nitrogen and oxygen atoms in total. The number of hydrogen-bond donors (Lipinski definition) is 3. The van der Waals surface area contributed by atoms with Crippen LogP contribution in [-0.4, -0.2) is 42.2 Å². The van der Waals surface area contributed by atoms with E-state index < -0.39 is 17.1 Å². The predicted octanol–water partition coefficient (Wildman–Crippen LogP) is 8.01. The number of methoxy groups -OCH3 is 2. The molecule has 5 aromatic rings. The first-order chi connectivity index (χ1) is 23.2. The van der Waals surface area contributed by atoms with E-state index in [0.29, 0.717) is 44.2 Å². The zero-order valence-corrected chi connectivity index (χ0v) is 28.5. The quantitative estimate of drug-likeness (QED) is 0.0892. The third-order valence-electron chi connectivity index (χ3n) is 6.92. The molecule has 48 heavy (non-hydrogen) atoms. The molecule has 0 fully saturated rings. The number of nitrogens with one attached hydrogen (secondary N) is 3. The number of anilines is 2. The molecular formula is C36H31ClN4O5S2. The Hall–Kier alpha value is -5.10. The second kappa shape index (κ2) is 16.1. The van der Waals surface area contributed by atoms with E-state index in [1.54, 1.807) is 79.7 Å². The summed E-state index contributed by atoms with van der Waals surface area (Å²) in [7, 11) is 3.05. The summed E-state index contributed by atoms with van der Waals surface area (Å²) < 4.78 is 10.8. The van der Waals surface area contributed by atoms with E-state index in [-0.39, 0.29) is 11.6 Å². The van der Waals surface area contributed by atoms with Gasteiger partial charge in [0.25, 0.3) is 11.8 Å². The van der Waals surface area contributed by atoms with Crippen LogP contribution in [0.4, 0.5) is 10.8 Å². The molecule has 1 unspecified atom stereocenters. The Labute approximate surface area is 291 Å². The minimum absolute atomic E-state index is 0.0131. The van der Waals surface area contributed by atoms with Gasteiger partial charge in [-0.25, -0.2) is 4.98 Å². The van der Waals surface area contributed by atoms with E-state index in [1.165, 1.54) is 43.4 Å². The fourth-order valence-corrected chi connectivity index (χ4v) is 6.36. The summed E-state index contributed by atoms with van der Waals surface area (Å²) in [5.74, 6) is -0.207. The number of hydrogen-bond acceptors (Lipinski definition) is 8. The van der Waals surface area contributed by atoms with Gasteiger partial charge >= 0.3 is 0 Å². The van der Waals surface area contributed by atoms with Crippen LogP contribution in [0.2, 0.25) is 5.02 Å². The highest BCUT2D eigenvalue weighted by atomic mass is 35.5. The van der Waals surface area contributed by atoms with E-state index >= 15 is 0 Å². The van der Waals surface area contributed by atoms with Gasteiger partial charge in [-0.3, -0.25) is 14.4 Å². The van der Waals surface area contributed by atoms with Crippen molar-refractivity contribution in [2.24, 2.45) is 0 Å². The molecule has 0 spiro atoms. The topological polar surface area (TPSA) is 119 Å². The van der Waals surface area contributed by atoms with Crippen molar-refractivity contribution >= 4 is 69.3 Å². The van der Waals surface area contributed by atoms with Crippen LogP contribution in [0.3, 0.4) is 0 Å². The Morgan fingerprint density at radius 1 is 0.896 bits per heavy atom. The molecule has 12 heteroatoms. The van der Waals surface area contributed by atoms with Crippen molar-refractivity contribution in [1.82, 2.24) is 10.3 Å². The van der Waals surface area contributed by atoms with Crippen LogP contribution in [0.25, 0.3) is 17.3 Å². The van der Waals surface area contributed by atoms with E-state index in [4.69, 9.17) is 21.1 Å². The van der Waals surface area contributed by atoms with Gasteiger partial charge in [0.2, 0.25) is 5.91 Å². The zero-order chi connectivity index (χ0) is 34.0. The molecule has 0 saturated heterocycles. The Morgan fingerprint density at radius 3 is 2.42 bits per heavy atom. The average molecular weight is 699 g/mol. The maximum absolute atomic E-state index is 13.7. The highest BCUT2D eigenvalue weighted by Crippen LogP contribution is 2.32. The average Bonchev–Trinajstić information content (AvgIpc) is 3.56. The first kappa shape index (κ1) is 34.2. The largest absolute Gasteiger partial charge is 0.497 e. The number of rotatable bonds is 12. The zero-order valence-electron chi connectivity index (χ0n) is 26.2. The van der Waals surface area contributed by atoms with Gasteiger partial charge in [0.15, 0.2) is 5.13 Å². The number of thiazole rings is 1. The number of ether oxygens (including phenoxy) is 2. The lowest BCUT2D eigenvalue weighted by Crippen LogP contribution is -2.30. The van der Waals surface area contributed by atoms with Crippen LogP contribution < -0.4 is 25.4 Å².